The number of rotatable bonds is 50. The molecule has 19 heteroatoms. The number of aliphatic hydroxyl groups excluding tert-OH is 11. The van der Waals surface area contributed by atoms with E-state index in [4.69, 9.17) is 28.4 Å². The molecule has 0 aliphatic carbocycles. The highest BCUT2D eigenvalue weighted by molar-refractivity contribution is 5.76. The van der Waals surface area contributed by atoms with Crippen molar-refractivity contribution in [2.45, 2.75) is 324 Å². The Kier molecular flexibility index (Phi) is 45.0. The summed E-state index contributed by atoms with van der Waals surface area (Å²) in [4.78, 5) is 13.2. The van der Waals surface area contributed by atoms with Gasteiger partial charge in [-0.15, -0.1) is 0 Å². The smallest absolute Gasteiger partial charge is 0.220 e. The lowest BCUT2D eigenvalue weighted by Gasteiger charge is -2.48. The number of nitrogens with one attached hydrogen (secondary N) is 1. The summed E-state index contributed by atoms with van der Waals surface area (Å²) in [5.41, 5.74) is 0. The van der Waals surface area contributed by atoms with Crippen LogP contribution in [-0.4, -0.2) is 193 Å². The van der Waals surface area contributed by atoms with Gasteiger partial charge in [-0.25, -0.2) is 0 Å². The van der Waals surface area contributed by atoms with E-state index in [1.807, 2.05) is 6.08 Å². The number of hydrogen-bond donors (Lipinski definition) is 12. The van der Waals surface area contributed by atoms with E-state index >= 15 is 0 Å². The van der Waals surface area contributed by atoms with Gasteiger partial charge in [0.2, 0.25) is 5.91 Å². The molecule has 0 aromatic heterocycles. The number of ether oxygens (including phenoxy) is 6. The van der Waals surface area contributed by atoms with Gasteiger partial charge >= 0.3 is 0 Å². The number of allylic oxidation sites excluding steroid dienone is 11. The van der Waals surface area contributed by atoms with Crippen LogP contribution in [0.3, 0.4) is 0 Å². The summed E-state index contributed by atoms with van der Waals surface area (Å²) in [6, 6.07) is -0.969. The van der Waals surface area contributed by atoms with E-state index in [1.54, 1.807) is 6.08 Å². The minimum absolute atomic E-state index is 0.242. The Labute approximate surface area is 521 Å². The van der Waals surface area contributed by atoms with Gasteiger partial charge in [0.1, 0.15) is 73.2 Å². The Bertz CT molecular complexity index is 1860. The molecule has 0 bridgehead atoms. The van der Waals surface area contributed by atoms with Crippen LogP contribution < -0.4 is 5.32 Å². The second-order valence-corrected chi connectivity index (χ2v) is 23.9. The summed E-state index contributed by atoms with van der Waals surface area (Å²) in [6.45, 7) is 1.47. The minimum Gasteiger partial charge on any atom is -0.394 e. The van der Waals surface area contributed by atoms with E-state index in [1.165, 1.54) is 116 Å². The SMILES string of the molecule is CC/C=C\C/C=C\C/C=C\C/C=C\C/C=C\CCCCCCCCCCCCCCCCCCCCCCCC(=O)NC(COC1OC(CO)C(OC2OC(CO)C(OC3OC(CO)C(O)C(O)C3O)C(O)C2O)C(O)C1O)C(O)/C=C/CCCCC. The number of carbonyl (C=O) groups is 1. The lowest BCUT2D eigenvalue weighted by Crippen LogP contribution is -2.66. The maximum atomic E-state index is 13.2. The predicted molar refractivity (Wildman–Crippen MR) is 337 cm³/mol. The normalized spacial score (nSPS) is 29.0. The van der Waals surface area contributed by atoms with Crippen LogP contribution in [0.25, 0.3) is 0 Å². The molecule has 0 saturated carbocycles. The fourth-order valence-corrected chi connectivity index (χ4v) is 11.0. The first-order chi connectivity index (χ1) is 42.3. The zero-order valence-corrected chi connectivity index (χ0v) is 53.0. The molecule has 3 aliphatic rings. The summed E-state index contributed by atoms with van der Waals surface area (Å²) >= 11 is 0. The molecule has 0 spiro atoms. The molecule has 17 atom stereocenters. The van der Waals surface area contributed by atoms with E-state index in [2.05, 4.69) is 79.9 Å². The zero-order valence-electron chi connectivity index (χ0n) is 53.0. The third-order valence-corrected chi connectivity index (χ3v) is 16.5. The predicted octanol–water partition coefficient (Wildman–Crippen LogP) is 8.16. The van der Waals surface area contributed by atoms with Crippen LogP contribution in [-0.2, 0) is 33.2 Å². The number of amides is 1. The summed E-state index contributed by atoms with van der Waals surface area (Å²) < 4.78 is 34.1. The van der Waals surface area contributed by atoms with Crippen LogP contribution in [0.15, 0.2) is 72.9 Å². The molecule has 12 N–H and O–H groups in total. The molecular formula is C68H119NO18. The first-order valence-corrected chi connectivity index (χ1v) is 33.7. The van der Waals surface area contributed by atoms with Crippen LogP contribution >= 0.6 is 0 Å². The Morgan fingerprint density at radius 1 is 0.425 bits per heavy atom. The molecule has 19 nitrogen and oxygen atoms in total. The number of carbonyl (C=O) groups excluding carboxylic acids is 1. The van der Waals surface area contributed by atoms with E-state index < -0.39 is 124 Å². The van der Waals surface area contributed by atoms with Crippen molar-refractivity contribution < 1.29 is 89.4 Å². The van der Waals surface area contributed by atoms with Crippen LogP contribution in [0, 0.1) is 0 Å². The van der Waals surface area contributed by atoms with Gasteiger partial charge < -0.3 is 89.9 Å². The second kappa shape index (κ2) is 49.9. The fraction of sp³-hybridized carbons (Fsp3) is 0.809. The summed E-state index contributed by atoms with van der Waals surface area (Å²) in [7, 11) is 0. The van der Waals surface area contributed by atoms with E-state index in [9.17, 15) is 61.0 Å². The average molecular weight is 1240 g/mol. The van der Waals surface area contributed by atoms with Gasteiger partial charge in [-0.2, -0.15) is 0 Å². The molecule has 3 rings (SSSR count). The van der Waals surface area contributed by atoms with Gasteiger partial charge in [0.25, 0.3) is 0 Å². The Hall–Kier alpha value is -2.77. The third kappa shape index (κ3) is 32.4. The number of aliphatic hydroxyl groups is 11. The van der Waals surface area contributed by atoms with E-state index in [-0.39, 0.29) is 18.9 Å². The van der Waals surface area contributed by atoms with Gasteiger partial charge in [0, 0.05) is 6.42 Å². The maximum Gasteiger partial charge on any atom is 0.220 e. The van der Waals surface area contributed by atoms with Crippen molar-refractivity contribution in [3.63, 3.8) is 0 Å². The summed E-state index contributed by atoms with van der Waals surface area (Å²) in [5.74, 6) is -0.283. The van der Waals surface area contributed by atoms with Crippen molar-refractivity contribution in [1.29, 1.82) is 0 Å². The van der Waals surface area contributed by atoms with E-state index in [0.29, 0.717) is 6.42 Å². The summed E-state index contributed by atoms with van der Waals surface area (Å²) in [5, 5.41) is 120. The summed E-state index contributed by atoms with van der Waals surface area (Å²) in [6.07, 6.45) is 35.7. The highest BCUT2D eigenvalue weighted by Crippen LogP contribution is 2.33. The quantitative estimate of drug-likeness (QED) is 0.0202. The molecular weight excluding hydrogens is 1120 g/mol. The third-order valence-electron chi connectivity index (χ3n) is 16.5. The zero-order chi connectivity index (χ0) is 63.3. The average Bonchev–Trinajstić information content (AvgIpc) is 2.33. The minimum atomic E-state index is -1.98. The molecule has 0 aromatic rings. The standard InChI is InChI=1S/C68H119NO18/c1-3-5-7-9-10-11-12-13-14-15-16-17-18-19-20-21-22-23-24-25-26-27-28-29-30-31-32-33-34-35-36-37-38-39-40-42-44-46-56(74)69-51(52(73)45-43-41-8-6-4-2)50-82-66-62(80)59(77)64(54(48-71)84-66)87-68-63(81)60(78)65(55(49-72)85-68)86-67-61(79)58(76)57(75)53(47-70)83-67/h5,7,10-11,13-14,16-17,19-20,43,45,51-55,57-68,70-73,75-81H,3-4,6,8-9,12,15,18,21-42,44,46-50H2,1-2H3,(H,69,74)/b7-5-,11-10-,14-13-,17-16-,20-19-,45-43+. The molecule has 0 radical (unpaired) electrons. The highest BCUT2D eigenvalue weighted by atomic mass is 16.8. The Morgan fingerprint density at radius 3 is 1.24 bits per heavy atom. The fourth-order valence-electron chi connectivity index (χ4n) is 11.0. The molecule has 87 heavy (non-hydrogen) atoms. The van der Waals surface area contributed by atoms with Crippen molar-refractivity contribution in [3.05, 3.63) is 72.9 Å². The molecule has 0 aromatic carbocycles. The van der Waals surface area contributed by atoms with Crippen LogP contribution in [0.4, 0.5) is 0 Å². The van der Waals surface area contributed by atoms with E-state index in [0.717, 1.165) is 77.0 Å². The first kappa shape index (κ1) is 78.5. The van der Waals surface area contributed by atoms with Crippen LogP contribution in [0.1, 0.15) is 219 Å². The lowest BCUT2D eigenvalue weighted by molar-refractivity contribution is -0.379. The van der Waals surface area contributed by atoms with Crippen molar-refractivity contribution >= 4 is 5.91 Å². The monoisotopic (exact) mass is 1240 g/mol. The van der Waals surface area contributed by atoms with Crippen LogP contribution in [0.5, 0.6) is 0 Å². The molecule has 1 amide bonds. The van der Waals surface area contributed by atoms with Gasteiger partial charge in [0.15, 0.2) is 18.9 Å². The van der Waals surface area contributed by atoms with Crippen molar-refractivity contribution in [1.82, 2.24) is 5.32 Å². The van der Waals surface area contributed by atoms with Crippen LogP contribution in [0.2, 0.25) is 0 Å². The van der Waals surface area contributed by atoms with Crippen molar-refractivity contribution in [3.8, 4) is 0 Å². The van der Waals surface area contributed by atoms with Gasteiger partial charge in [-0.1, -0.05) is 222 Å². The lowest BCUT2D eigenvalue weighted by atomic mass is 9.96. The van der Waals surface area contributed by atoms with Gasteiger partial charge in [-0.3, -0.25) is 4.79 Å². The molecule has 3 fully saturated rings. The molecule has 504 valence electrons. The van der Waals surface area contributed by atoms with Gasteiger partial charge in [0.05, 0.1) is 38.6 Å². The topological polar surface area (TPSA) is 307 Å². The Morgan fingerprint density at radius 2 is 0.793 bits per heavy atom. The van der Waals surface area contributed by atoms with Gasteiger partial charge in [-0.05, 0) is 64.2 Å². The first-order valence-electron chi connectivity index (χ1n) is 33.7. The van der Waals surface area contributed by atoms with Crippen molar-refractivity contribution in [2.75, 3.05) is 26.4 Å². The molecule has 3 aliphatic heterocycles. The van der Waals surface area contributed by atoms with Crippen molar-refractivity contribution in [2.24, 2.45) is 0 Å². The Balaban J connectivity index is 1.24. The number of unbranched alkanes of at least 4 members (excludes halogenated alkanes) is 24. The second-order valence-electron chi connectivity index (χ2n) is 23.9. The maximum absolute atomic E-state index is 13.2. The number of hydrogen-bond acceptors (Lipinski definition) is 18. The molecule has 17 unspecified atom stereocenters. The molecule has 3 saturated heterocycles. The largest absolute Gasteiger partial charge is 0.394 e. The molecule has 3 heterocycles. The highest BCUT2D eigenvalue weighted by Gasteiger charge is 2.53.